The molecule has 2 heterocycles. The molecule has 1 atom stereocenters. The van der Waals surface area contributed by atoms with E-state index in [-0.39, 0.29) is 25.1 Å². The van der Waals surface area contributed by atoms with Crippen LogP contribution in [-0.4, -0.2) is 64.0 Å². The molecule has 1 aromatic rings. The summed E-state index contributed by atoms with van der Waals surface area (Å²) in [7, 11) is 0. The fourth-order valence-electron chi connectivity index (χ4n) is 3.62. The number of aromatic nitrogens is 2. The fourth-order valence-corrected chi connectivity index (χ4v) is 3.62. The summed E-state index contributed by atoms with van der Waals surface area (Å²) >= 11 is 0. The fraction of sp³-hybridized carbons (Fsp3) is 0.650. The second-order valence-electron chi connectivity index (χ2n) is 8.28. The summed E-state index contributed by atoms with van der Waals surface area (Å²) in [6, 6.07) is 2.13. The Kier molecular flexibility index (Phi) is 10.5. The number of carbonyl (C=O) groups excluding carboxylic acids is 1. The molecule has 3 rings (SSSR count). The first kappa shape index (κ1) is 25.9. The number of hydrogen-bond acceptors (Lipinski definition) is 8. The zero-order chi connectivity index (χ0) is 23.4. The number of rotatable bonds is 3. The van der Waals surface area contributed by atoms with E-state index < -0.39 is 5.60 Å². The average molecular weight is 440 g/mol. The van der Waals surface area contributed by atoms with Gasteiger partial charge in [0.2, 0.25) is 5.95 Å². The maximum absolute atomic E-state index is 11.9. The number of carbonyl (C=O) groups is 3. The Hall–Kier alpha value is -3.11. The van der Waals surface area contributed by atoms with Crippen LogP contribution in [0.1, 0.15) is 64.5 Å². The van der Waals surface area contributed by atoms with E-state index in [0.717, 1.165) is 24.5 Å². The van der Waals surface area contributed by atoms with Crippen molar-refractivity contribution in [3.05, 3.63) is 11.8 Å². The summed E-state index contributed by atoms with van der Waals surface area (Å²) in [6.07, 6.45) is 5.37. The van der Waals surface area contributed by atoms with Gasteiger partial charge in [0, 0.05) is 25.1 Å². The molecule has 1 saturated heterocycles. The number of alkyl carbamates (subject to hydrolysis) is 1. The second-order valence-corrected chi connectivity index (χ2v) is 8.28. The van der Waals surface area contributed by atoms with E-state index in [1.807, 2.05) is 20.8 Å². The second kappa shape index (κ2) is 12.6. The van der Waals surface area contributed by atoms with Crippen molar-refractivity contribution in [2.75, 3.05) is 23.7 Å². The maximum Gasteiger partial charge on any atom is 0.407 e. The third kappa shape index (κ3) is 9.49. The van der Waals surface area contributed by atoms with E-state index in [1.54, 1.807) is 0 Å². The Morgan fingerprint density at radius 2 is 1.77 bits per heavy atom. The number of ether oxygens (including phenoxy) is 1. The lowest BCUT2D eigenvalue weighted by atomic mass is 10.0. The average Bonchev–Trinajstić information content (AvgIpc) is 3.33. The van der Waals surface area contributed by atoms with Crippen LogP contribution in [0.5, 0.6) is 0 Å². The molecule has 31 heavy (non-hydrogen) atoms. The third-order valence-corrected chi connectivity index (χ3v) is 4.76. The molecule has 11 nitrogen and oxygen atoms in total. The minimum absolute atomic E-state index is 0.0565. The minimum atomic E-state index is -0.486. The van der Waals surface area contributed by atoms with Gasteiger partial charge >= 0.3 is 6.09 Å². The predicted octanol–water partition coefficient (Wildman–Crippen LogP) is 2.22. The lowest BCUT2D eigenvalue weighted by Crippen LogP contribution is -2.40. The van der Waals surface area contributed by atoms with Gasteiger partial charge in [0.25, 0.3) is 12.9 Å². The van der Waals surface area contributed by atoms with Crippen LogP contribution in [0.25, 0.3) is 0 Å². The van der Waals surface area contributed by atoms with Crippen LogP contribution in [0, 0.1) is 0 Å². The van der Waals surface area contributed by atoms with Gasteiger partial charge in [-0.05, 0) is 40.0 Å². The number of carboxylic acid groups (broad SMARTS) is 2. The van der Waals surface area contributed by atoms with E-state index in [9.17, 15) is 4.79 Å². The Morgan fingerprint density at radius 1 is 1.19 bits per heavy atom. The number of nitrogen functional groups attached to an aromatic ring is 1. The van der Waals surface area contributed by atoms with Crippen molar-refractivity contribution in [1.82, 2.24) is 15.3 Å². The van der Waals surface area contributed by atoms with Crippen molar-refractivity contribution in [2.24, 2.45) is 0 Å². The van der Waals surface area contributed by atoms with Gasteiger partial charge in [0.05, 0.1) is 11.7 Å². The van der Waals surface area contributed by atoms with Gasteiger partial charge in [0.15, 0.2) is 0 Å². The highest BCUT2D eigenvalue weighted by molar-refractivity contribution is 5.68. The summed E-state index contributed by atoms with van der Waals surface area (Å²) in [4.78, 5) is 39.7. The lowest BCUT2D eigenvalue weighted by molar-refractivity contribution is -0.123. The summed E-state index contributed by atoms with van der Waals surface area (Å²) in [5.74, 6) is 1.70. The molecular formula is C20H33N5O6. The van der Waals surface area contributed by atoms with Crippen LogP contribution in [0.15, 0.2) is 6.07 Å². The summed E-state index contributed by atoms with van der Waals surface area (Å²) in [5.41, 5.74) is 6.51. The molecular weight excluding hydrogens is 406 g/mol. The van der Waals surface area contributed by atoms with Gasteiger partial charge in [-0.3, -0.25) is 9.59 Å². The van der Waals surface area contributed by atoms with Crippen LogP contribution in [0.4, 0.5) is 16.6 Å². The van der Waals surface area contributed by atoms with E-state index in [2.05, 4.69) is 26.3 Å². The summed E-state index contributed by atoms with van der Waals surface area (Å²) in [5, 5.41) is 16.7. The smallest absolute Gasteiger partial charge is 0.407 e. The lowest BCUT2D eigenvalue weighted by Gasteiger charge is -2.22. The Balaban J connectivity index is 0.000000720. The molecule has 2 fully saturated rings. The van der Waals surface area contributed by atoms with Crippen molar-refractivity contribution < 1.29 is 29.3 Å². The number of hydrogen-bond donors (Lipinski definition) is 4. The van der Waals surface area contributed by atoms with Crippen molar-refractivity contribution in [2.45, 2.75) is 70.4 Å². The van der Waals surface area contributed by atoms with Gasteiger partial charge in [-0.15, -0.1) is 0 Å². The van der Waals surface area contributed by atoms with Gasteiger partial charge in [-0.2, -0.15) is 4.98 Å². The highest BCUT2D eigenvalue weighted by Crippen LogP contribution is 2.34. The van der Waals surface area contributed by atoms with Gasteiger partial charge in [0.1, 0.15) is 11.4 Å². The molecule has 1 aromatic heterocycles. The standard InChI is InChI=1S/C18H29N5O2.2CH2O2/c1-18(2,3)25-17(24)20-13-8-9-23(11-13)15-10-14(21-16(19)22-15)12-6-4-5-7-12;2*2-1-3/h10,12-13H,4-9,11H2,1-3H3,(H,20,24)(H2,19,21,22);2*1H,(H,2,3). The summed E-state index contributed by atoms with van der Waals surface area (Å²) in [6.45, 7) is 6.63. The van der Waals surface area contributed by atoms with Crippen LogP contribution in [-0.2, 0) is 14.3 Å². The zero-order valence-corrected chi connectivity index (χ0v) is 18.3. The Morgan fingerprint density at radius 3 is 2.32 bits per heavy atom. The first-order valence-electron chi connectivity index (χ1n) is 10.2. The molecule has 5 N–H and O–H groups in total. The molecule has 1 aliphatic carbocycles. The van der Waals surface area contributed by atoms with Crippen LogP contribution >= 0.6 is 0 Å². The van der Waals surface area contributed by atoms with Gasteiger partial charge in [-0.1, -0.05) is 12.8 Å². The molecule has 0 bridgehead atoms. The van der Waals surface area contributed by atoms with E-state index in [0.29, 0.717) is 18.4 Å². The molecule has 11 heteroatoms. The first-order valence-corrected chi connectivity index (χ1v) is 10.2. The maximum atomic E-state index is 11.9. The topological polar surface area (TPSA) is 168 Å². The van der Waals surface area contributed by atoms with Crippen molar-refractivity contribution >= 4 is 30.8 Å². The third-order valence-electron chi connectivity index (χ3n) is 4.76. The molecule has 174 valence electrons. The molecule has 0 aromatic carbocycles. The van der Waals surface area contributed by atoms with Gasteiger partial charge in [-0.25, -0.2) is 9.78 Å². The van der Waals surface area contributed by atoms with Crippen molar-refractivity contribution in [3.63, 3.8) is 0 Å². The predicted molar refractivity (Wildman–Crippen MR) is 115 cm³/mol. The Labute approximate surface area is 182 Å². The number of nitrogens with zero attached hydrogens (tertiary/aromatic N) is 3. The van der Waals surface area contributed by atoms with Gasteiger partial charge < -0.3 is 30.9 Å². The van der Waals surface area contributed by atoms with Crippen molar-refractivity contribution in [3.8, 4) is 0 Å². The highest BCUT2D eigenvalue weighted by Gasteiger charge is 2.28. The normalized spacial score (nSPS) is 18.2. The van der Waals surface area contributed by atoms with Crippen LogP contribution in [0.3, 0.4) is 0 Å². The minimum Gasteiger partial charge on any atom is -0.483 e. The molecule has 0 radical (unpaired) electrons. The van der Waals surface area contributed by atoms with E-state index in [4.69, 9.17) is 30.3 Å². The molecule has 0 spiro atoms. The molecule has 1 unspecified atom stereocenters. The first-order chi connectivity index (χ1) is 14.6. The molecule has 2 aliphatic rings. The molecule has 1 saturated carbocycles. The quantitative estimate of drug-likeness (QED) is 0.512. The number of amides is 1. The van der Waals surface area contributed by atoms with E-state index in [1.165, 1.54) is 25.7 Å². The van der Waals surface area contributed by atoms with E-state index >= 15 is 0 Å². The SMILES string of the molecule is CC(C)(C)OC(=O)NC1CCN(c2cc(C3CCCC3)nc(N)n2)C1.O=CO.O=CO. The monoisotopic (exact) mass is 439 g/mol. The number of anilines is 2. The van der Waals surface area contributed by atoms with Crippen LogP contribution < -0.4 is 16.0 Å². The van der Waals surface area contributed by atoms with Crippen molar-refractivity contribution in [1.29, 1.82) is 0 Å². The number of nitrogens with two attached hydrogens (primary N) is 1. The molecule has 1 aliphatic heterocycles. The largest absolute Gasteiger partial charge is 0.483 e. The Bertz CT molecular complexity index is 713. The molecule has 1 amide bonds. The summed E-state index contributed by atoms with van der Waals surface area (Å²) < 4.78 is 5.33. The highest BCUT2D eigenvalue weighted by atomic mass is 16.6. The zero-order valence-electron chi connectivity index (χ0n) is 18.3. The number of nitrogens with one attached hydrogen (secondary N) is 1. The van der Waals surface area contributed by atoms with Crippen LogP contribution in [0.2, 0.25) is 0 Å².